The van der Waals surface area contributed by atoms with Gasteiger partial charge in [-0.25, -0.2) is 9.59 Å². The van der Waals surface area contributed by atoms with Gasteiger partial charge < -0.3 is 25.4 Å². The Morgan fingerprint density at radius 3 is 2.41 bits per heavy atom. The first-order chi connectivity index (χ1) is 13.0. The van der Waals surface area contributed by atoms with E-state index >= 15 is 0 Å². The molecule has 4 N–H and O–H groups in total. The van der Waals surface area contributed by atoms with E-state index in [0.29, 0.717) is 11.1 Å². The Morgan fingerprint density at radius 2 is 1.70 bits per heavy atom. The Hall–Kier alpha value is -3.16. The predicted molar refractivity (Wildman–Crippen MR) is 98.7 cm³/mol. The van der Waals surface area contributed by atoms with Crippen LogP contribution >= 0.6 is 0 Å². The number of carbonyl (C=O) groups is 2. The summed E-state index contributed by atoms with van der Waals surface area (Å²) in [5, 5.41) is 31.6. The number of benzene rings is 2. The van der Waals surface area contributed by atoms with E-state index in [4.69, 9.17) is 9.84 Å². The van der Waals surface area contributed by atoms with Crippen molar-refractivity contribution >= 4 is 18.1 Å². The second kappa shape index (κ2) is 10.1. The van der Waals surface area contributed by atoms with Crippen molar-refractivity contribution in [1.29, 1.82) is 0 Å². The molecule has 2 unspecified atom stereocenters. The molecular weight excluding hydrogens is 350 g/mol. The summed E-state index contributed by atoms with van der Waals surface area (Å²) in [6.45, 7) is -0.139. The fourth-order valence-corrected chi connectivity index (χ4v) is 2.37. The lowest BCUT2D eigenvalue weighted by Gasteiger charge is -2.20. The van der Waals surface area contributed by atoms with Crippen LogP contribution in [0.4, 0.5) is 4.79 Å². The molecule has 0 heterocycles. The van der Waals surface area contributed by atoms with Crippen molar-refractivity contribution in [2.75, 3.05) is 6.54 Å². The Morgan fingerprint density at radius 1 is 1.04 bits per heavy atom. The van der Waals surface area contributed by atoms with Gasteiger partial charge in [0.1, 0.15) is 18.8 Å². The molecule has 2 rings (SSSR count). The molecule has 0 saturated heterocycles. The molecule has 0 bridgehead atoms. The van der Waals surface area contributed by atoms with E-state index in [-0.39, 0.29) is 13.2 Å². The van der Waals surface area contributed by atoms with Gasteiger partial charge in [-0.05, 0) is 22.8 Å². The van der Waals surface area contributed by atoms with E-state index in [9.17, 15) is 19.8 Å². The summed E-state index contributed by atoms with van der Waals surface area (Å²) in [6, 6.07) is 15.7. The van der Waals surface area contributed by atoms with Gasteiger partial charge >= 0.3 is 12.1 Å². The summed E-state index contributed by atoms with van der Waals surface area (Å²) in [5.74, 6) is -1.12. The standard InChI is InChI=1S/C20H21NO6/c22-17(12-21-20(26)27-13-14-6-2-1-3-7-14)19(25)16-9-5-4-8-15(16)10-11-18(23)24/h1-11,17,19,22,25H,12-13H2,(H,21,26)(H,23,24)/b11-10+. The highest BCUT2D eigenvalue weighted by atomic mass is 16.5. The zero-order valence-corrected chi connectivity index (χ0v) is 14.5. The highest BCUT2D eigenvalue weighted by Crippen LogP contribution is 2.22. The van der Waals surface area contributed by atoms with Crippen molar-refractivity contribution in [3.63, 3.8) is 0 Å². The van der Waals surface area contributed by atoms with Crippen LogP contribution in [0.3, 0.4) is 0 Å². The maximum atomic E-state index is 11.7. The minimum atomic E-state index is -1.31. The minimum absolute atomic E-state index is 0.0914. The monoisotopic (exact) mass is 371 g/mol. The average Bonchev–Trinajstić information content (AvgIpc) is 2.69. The van der Waals surface area contributed by atoms with Crippen LogP contribution < -0.4 is 5.32 Å². The number of hydrogen-bond donors (Lipinski definition) is 4. The van der Waals surface area contributed by atoms with E-state index in [1.165, 1.54) is 6.08 Å². The molecule has 7 nitrogen and oxygen atoms in total. The highest BCUT2D eigenvalue weighted by molar-refractivity contribution is 5.85. The van der Waals surface area contributed by atoms with Crippen LogP contribution in [0.2, 0.25) is 0 Å². The molecule has 0 aliphatic carbocycles. The third-order valence-corrected chi connectivity index (χ3v) is 3.75. The molecule has 0 radical (unpaired) electrons. The van der Waals surface area contributed by atoms with Gasteiger partial charge in [-0.2, -0.15) is 0 Å². The lowest BCUT2D eigenvalue weighted by molar-refractivity contribution is -0.131. The Bertz CT molecular complexity index is 790. The van der Waals surface area contributed by atoms with Crippen LogP contribution in [0.15, 0.2) is 60.7 Å². The van der Waals surface area contributed by atoms with Gasteiger partial charge in [0, 0.05) is 12.6 Å². The van der Waals surface area contributed by atoms with Gasteiger partial charge in [0.2, 0.25) is 0 Å². The zero-order valence-electron chi connectivity index (χ0n) is 14.5. The van der Waals surface area contributed by atoms with Crippen molar-refractivity contribution < 1.29 is 29.6 Å². The Kier molecular flexibility index (Phi) is 7.54. The number of hydrogen-bond acceptors (Lipinski definition) is 5. The van der Waals surface area contributed by atoms with Gasteiger partial charge in [0.25, 0.3) is 0 Å². The first kappa shape index (κ1) is 20.2. The molecule has 0 fully saturated rings. The number of carboxylic acid groups (broad SMARTS) is 1. The van der Waals surface area contributed by atoms with Crippen LogP contribution in [0.5, 0.6) is 0 Å². The largest absolute Gasteiger partial charge is 0.478 e. The second-order valence-corrected chi connectivity index (χ2v) is 5.76. The van der Waals surface area contributed by atoms with E-state index in [2.05, 4.69) is 5.32 Å². The van der Waals surface area contributed by atoms with Gasteiger partial charge in [-0.15, -0.1) is 0 Å². The van der Waals surface area contributed by atoms with Crippen molar-refractivity contribution in [3.8, 4) is 0 Å². The maximum Gasteiger partial charge on any atom is 0.407 e. The third kappa shape index (κ3) is 6.58. The van der Waals surface area contributed by atoms with Crippen LogP contribution in [0, 0.1) is 0 Å². The van der Waals surface area contributed by atoms with Crippen LogP contribution in [-0.4, -0.2) is 40.0 Å². The van der Waals surface area contributed by atoms with E-state index in [1.807, 2.05) is 30.3 Å². The minimum Gasteiger partial charge on any atom is -0.478 e. The Balaban J connectivity index is 1.89. The van der Waals surface area contributed by atoms with Gasteiger partial charge in [-0.3, -0.25) is 0 Å². The summed E-state index contributed by atoms with van der Waals surface area (Å²) in [7, 11) is 0. The lowest BCUT2D eigenvalue weighted by atomic mass is 9.98. The van der Waals surface area contributed by atoms with Crippen molar-refractivity contribution in [2.45, 2.75) is 18.8 Å². The van der Waals surface area contributed by atoms with E-state index in [0.717, 1.165) is 11.6 Å². The lowest BCUT2D eigenvalue weighted by Crippen LogP contribution is -2.36. The number of amides is 1. The van der Waals surface area contributed by atoms with Gasteiger partial charge in [0.15, 0.2) is 0 Å². The topological polar surface area (TPSA) is 116 Å². The van der Waals surface area contributed by atoms with Crippen LogP contribution in [0.25, 0.3) is 6.08 Å². The number of carboxylic acids is 1. The molecular formula is C20H21NO6. The molecule has 1 amide bonds. The van der Waals surface area contributed by atoms with Crippen molar-refractivity contribution in [3.05, 3.63) is 77.4 Å². The molecule has 0 spiro atoms. The first-order valence-corrected chi connectivity index (χ1v) is 8.28. The van der Waals surface area contributed by atoms with Gasteiger partial charge in [-0.1, -0.05) is 54.6 Å². The molecule has 0 saturated carbocycles. The number of aliphatic carboxylic acids is 1. The van der Waals surface area contributed by atoms with E-state index in [1.54, 1.807) is 24.3 Å². The van der Waals surface area contributed by atoms with Gasteiger partial charge in [0.05, 0.1) is 0 Å². The first-order valence-electron chi connectivity index (χ1n) is 8.28. The fourth-order valence-electron chi connectivity index (χ4n) is 2.37. The van der Waals surface area contributed by atoms with Crippen molar-refractivity contribution in [1.82, 2.24) is 5.32 Å². The fraction of sp³-hybridized carbons (Fsp3) is 0.200. The predicted octanol–water partition coefficient (Wildman–Crippen LogP) is 2.11. The molecule has 7 heteroatoms. The second-order valence-electron chi connectivity index (χ2n) is 5.76. The molecule has 0 aliphatic heterocycles. The number of nitrogens with one attached hydrogen (secondary N) is 1. The quantitative estimate of drug-likeness (QED) is 0.528. The van der Waals surface area contributed by atoms with E-state index < -0.39 is 24.3 Å². The smallest absolute Gasteiger partial charge is 0.407 e. The molecule has 0 aliphatic rings. The SMILES string of the molecule is O=C(O)/C=C/c1ccccc1C(O)C(O)CNC(=O)OCc1ccccc1. The summed E-state index contributed by atoms with van der Waals surface area (Å²) in [6.07, 6.45) is -1.06. The number of rotatable bonds is 8. The molecule has 2 aromatic rings. The highest BCUT2D eigenvalue weighted by Gasteiger charge is 2.21. The van der Waals surface area contributed by atoms with Crippen molar-refractivity contribution in [2.24, 2.45) is 0 Å². The summed E-state index contributed by atoms with van der Waals surface area (Å²) < 4.78 is 5.03. The van der Waals surface area contributed by atoms with Crippen LogP contribution in [0.1, 0.15) is 22.8 Å². The number of carbonyl (C=O) groups excluding carboxylic acids is 1. The number of ether oxygens (including phenoxy) is 1. The number of aliphatic hydroxyl groups is 2. The normalized spacial score (nSPS) is 13.1. The van der Waals surface area contributed by atoms with Crippen LogP contribution in [-0.2, 0) is 16.1 Å². The molecule has 2 aromatic carbocycles. The molecule has 0 aromatic heterocycles. The summed E-state index contributed by atoms with van der Waals surface area (Å²) in [5.41, 5.74) is 1.63. The summed E-state index contributed by atoms with van der Waals surface area (Å²) >= 11 is 0. The molecule has 2 atom stereocenters. The maximum absolute atomic E-state index is 11.7. The number of alkyl carbamates (subject to hydrolysis) is 1. The summed E-state index contributed by atoms with van der Waals surface area (Å²) in [4.78, 5) is 22.4. The zero-order chi connectivity index (χ0) is 19.6. The number of aliphatic hydroxyl groups excluding tert-OH is 2. The molecule has 142 valence electrons. The average molecular weight is 371 g/mol. The third-order valence-electron chi connectivity index (χ3n) is 3.75. The Labute approximate surface area is 156 Å². The molecule has 27 heavy (non-hydrogen) atoms.